The fraction of sp³-hybridized carbons (Fsp3) is 0.364. The largest absolute Gasteiger partial charge is 0.492 e. The molecule has 1 saturated heterocycles. The molecule has 1 atom stereocenters. The quantitative estimate of drug-likeness (QED) is 0.651. The molecule has 0 unspecified atom stereocenters. The maximum Gasteiger partial charge on any atom is 0.338 e. The van der Waals surface area contributed by atoms with Gasteiger partial charge in [-0.05, 0) is 56.2 Å². The van der Waals surface area contributed by atoms with E-state index in [1.165, 1.54) is 0 Å². The van der Waals surface area contributed by atoms with Crippen LogP contribution >= 0.6 is 0 Å². The summed E-state index contributed by atoms with van der Waals surface area (Å²) in [5, 5.41) is 2.68. The molecule has 29 heavy (non-hydrogen) atoms. The van der Waals surface area contributed by atoms with E-state index in [1.54, 1.807) is 42.5 Å². The molecule has 1 heterocycles. The summed E-state index contributed by atoms with van der Waals surface area (Å²) in [7, 11) is 0. The van der Waals surface area contributed by atoms with Crippen LogP contribution in [-0.2, 0) is 14.3 Å². The van der Waals surface area contributed by atoms with E-state index >= 15 is 0 Å². The van der Waals surface area contributed by atoms with Crippen molar-refractivity contribution in [3.8, 4) is 11.5 Å². The predicted octanol–water partition coefficient (Wildman–Crippen LogP) is 3.44. The number of ether oxygens (including phenoxy) is 4. The zero-order valence-electron chi connectivity index (χ0n) is 16.4. The van der Waals surface area contributed by atoms with E-state index in [2.05, 4.69) is 5.32 Å². The van der Waals surface area contributed by atoms with E-state index < -0.39 is 18.5 Å². The molecular weight excluding hydrogens is 374 g/mol. The molecule has 0 aliphatic carbocycles. The van der Waals surface area contributed by atoms with Crippen molar-refractivity contribution in [3.63, 3.8) is 0 Å². The van der Waals surface area contributed by atoms with Gasteiger partial charge in [0.2, 0.25) is 0 Å². The van der Waals surface area contributed by atoms with Gasteiger partial charge in [0.25, 0.3) is 5.91 Å². The predicted molar refractivity (Wildman–Crippen MR) is 107 cm³/mol. The van der Waals surface area contributed by atoms with Gasteiger partial charge in [-0.3, -0.25) is 4.79 Å². The topological polar surface area (TPSA) is 83.1 Å². The van der Waals surface area contributed by atoms with Crippen molar-refractivity contribution < 1.29 is 28.5 Å². The number of hydrogen-bond acceptors (Lipinski definition) is 6. The number of carbonyl (C=O) groups is 2. The van der Waals surface area contributed by atoms with Crippen molar-refractivity contribution in [2.24, 2.45) is 0 Å². The van der Waals surface area contributed by atoms with Gasteiger partial charge in [-0.1, -0.05) is 12.1 Å². The summed E-state index contributed by atoms with van der Waals surface area (Å²) >= 11 is 0. The number of rotatable bonds is 9. The van der Waals surface area contributed by atoms with E-state index in [0.29, 0.717) is 36.0 Å². The van der Waals surface area contributed by atoms with Crippen LogP contribution in [0.15, 0.2) is 48.5 Å². The van der Waals surface area contributed by atoms with Crippen LogP contribution in [0.4, 0.5) is 5.69 Å². The number of hydrogen-bond donors (Lipinski definition) is 1. The summed E-state index contributed by atoms with van der Waals surface area (Å²) in [6.45, 7) is 3.22. The smallest absolute Gasteiger partial charge is 0.338 e. The monoisotopic (exact) mass is 399 g/mol. The van der Waals surface area contributed by atoms with Crippen LogP contribution < -0.4 is 14.8 Å². The van der Waals surface area contributed by atoms with Gasteiger partial charge in [0, 0.05) is 6.61 Å². The Hall–Kier alpha value is -3.06. The van der Waals surface area contributed by atoms with Gasteiger partial charge in [-0.25, -0.2) is 4.79 Å². The first-order valence-corrected chi connectivity index (χ1v) is 9.69. The van der Waals surface area contributed by atoms with Crippen LogP contribution in [-0.4, -0.2) is 44.4 Å². The maximum absolute atomic E-state index is 12.2. The number of amides is 1. The molecule has 2 aromatic carbocycles. The second-order valence-corrected chi connectivity index (χ2v) is 6.52. The van der Waals surface area contributed by atoms with Crippen LogP contribution in [0.3, 0.4) is 0 Å². The number of nitrogens with one attached hydrogen (secondary N) is 1. The van der Waals surface area contributed by atoms with Gasteiger partial charge < -0.3 is 24.3 Å². The first-order chi connectivity index (χ1) is 14.2. The average Bonchev–Trinajstić information content (AvgIpc) is 3.26. The van der Waals surface area contributed by atoms with Crippen molar-refractivity contribution in [1.29, 1.82) is 0 Å². The number of carbonyl (C=O) groups excluding carboxylic acids is 2. The molecule has 1 fully saturated rings. The van der Waals surface area contributed by atoms with Crippen molar-refractivity contribution >= 4 is 17.6 Å². The van der Waals surface area contributed by atoms with Gasteiger partial charge in [-0.15, -0.1) is 0 Å². The van der Waals surface area contributed by atoms with E-state index in [-0.39, 0.29) is 6.10 Å². The highest BCUT2D eigenvalue weighted by atomic mass is 16.5. The summed E-state index contributed by atoms with van der Waals surface area (Å²) in [5.74, 6) is 0.196. The Morgan fingerprint density at radius 3 is 2.62 bits per heavy atom. The highest BCUT2D eigenvalue weighted by Gasteiger charge is 2.16. The normalized spacial score (nSPS) is 15.6. The minimum absolute atomic E-state index is 0.131. The molecule has 0 radical (unpaired) electrons. The number of anilines is 1. The van der Waals surface area contributed by atoms with Gasteiger partial charge in [0.15, 0.2) is 6.61 Å². The molecule has 0 bridgehead atoms. The third kappa shape index (κ3) is 6.22. The highest BCUT2D eigenvalue weighted by molar-refractivity contribution is 5.96. The second kappa shape index (κ2) is 10.5. The Balaban J connectivity index is 1.45. The zero-order chi connectivity index (χ0) is 20.5. The molecule has 7 heteroatoms. The van der Waals surface area contributed by atoms with Crippen molar-refractivity contribution in [2.45, 2.75) is 25.9 Å². The molecule has 1 aliphatic heterocycles. The van der Waals surface area contributed by atoms with Crippen LogP contribution in [0.2, 0.25) is 0 Å². The lowest BCUT2D eigenvalue weighted by molar-refractivity contribution is -0.119. The van der Waals surface area contributed by atoms with Gasteiger partial charge in [0.05, 0.1) is 24.0 Å². The first kappa shape index (κ1) is 20.7. The fourth-order valence-corrected chi connectivity index (χ4v) is 2.90. The van der Waals surface area contributed by atoms with Crippen LogP contribution in [0.25, 0.3) is 0 Å². The summed E-state index contributed by atoms with van der Waals surface area (Å²) in [4.78, 5) is 24.3. The number of para-hydroxylation sites is 2. The summed E-state index contributed by atoms with van der Waals surface area (Å²) in [6.07, 6.45) is 2.19. The Labute approximate surface area is 169 Å². The standard InChI is InChI=1S/C22H25NO6/c1-2-26-20-8-4-3-7-19(20)23-21(24)15-29-22(25)16-9-11-17(12-10-16)28-14-18-6-5-13-27-18/h3-4,7-12,18H,2,5-6,13-15H2,1H3,(H,23,24)/t18-/m0/s1. The van der Waals surface area contributed by atoms with Crippen LogP contribution in [0.1, 0.15) is 30.1 Å². The summed E-state index contributed by atoms with van der Waals surface area (Å²) in [6, 6.07) is 13.7. The summed E-state index contributed by atoms with van der Waals surface area (Å²) in [5.41, 5.74) is 0.875. The first-order valence-electron chi connectivity index (χ1n) is 9.69. The minimum atomic E-state index is -0.580. The van der Waals surface area contributed by atoms with E-state index in [9.17, 15) is 9.59 Å². The van der Waals surface area contributed by atoms with Gasteiger partial charge in [-0.2, -0.15) is 0 Å². The second-order valence-electron chi connectivity index (χ2n) is 6.52. The molecule has 0 aromatic heterocycles. The molecule has 0 saturated carbocycles. The van der Waals surface area contributed by atoms with Crippen molar-refractivity contribution in [2.75, 3.05) is 31.7 Å². The van der Waals surface area contributed by atoms with Gasteiger partial charge >= 0.3 is 5.97 Å². The lowest BCUT2D eigenvalue weighted by Crippen LogP contribution is -2.21. The maximum atomic E-state index is 12.2. The molecule has 2 aromatic rings. The van der Waals surface area contributed by atoms with E-state index in [4.69, 9.17) is 18.9 Å². The van der Waals surface area contributed by atoms with E-state index in [0.717, 1.165) is 19.4 Å². The Bertz CT molecular complexity index is 814. The molecule has 7 nitrogen and oxygen atoms in total. The third-order valence-electron chi connectivity index (χ3n) is 4.35. The fourth-order valence-electron chi connectivity index (χ4n) is 2.90. The minimum Gasteiger partial charge on any atom is -0.492 e. The molecule has 1 aliphatic rings. The Morgan fingerprint density at radius 1 is 1.10 bits per heavy atom. The lowest BCUT2D eigenvalue weighted by Gasteiger charge is -2.12. The number of benzene rings is 2. The number of esters is 1. The molecule has 0 spiro atoms. The zero-order valence-corrected chi connectivity index (χ0v) is 16.4. The van der Waals surface area contributed by atoms with Crippen LogP contribution in [0, 0.1) is 0 Å². The highest BCUT2D eigenvalue weighted by Crippen LogP contribution is 2.23. The van der Waals surface area contributed by atoms with Crippen LogP contribution in [0.5, 0.6) is 11.5 Å². The lowest BCUT2D eigenvalue weighted by atomic mass is 10.2. The van der Waals surface area contributed by atoms with Crippen molar-refractivity contribution in [3.05, 3.63) is 54.1 Å². The van der Waals surface area contributed by atoms with E-state index in [1.807, 2.05) is 13.0 Å². The Morgan fingerprint density at radius 2 is 1.90 bits per heavy atom. The van der Waals surface area contributed by atoms with Crippen molar-refractivity contribution in [1.82, 2.24) is 0 Å². The molecule has 1 amide bonds. The molecule has 3 rings (SSSR count). The molecule has 154 valence electrons. The Kier molecular flexibility index (Phi) is 7.47. The third-order valence-corrected chi connectivity index (χ3v) is 4.35. The molecule has 1 N–H and O–H groups in total. The molecular formula is C22H25NO6. The SMILES string of the molecule is CCOc1ccccc1NC(=O)COC(=O)c1ccc(OC[C@@H]2CCCO2)cc1. The van der Waals surface area contributed by atoms with Gasteiger partial charge in [0.1, 0.15) is 18.1 Å². The average molecular weight is 399 g/mol. The summed E-state index contributed by atoms with van der Waals surface area (Å²) < 4.78 is 21.7.